The largest absolute Gasteiger partial charge is 0.497 e. The van der Waals surface area contributed by atoms with E-state index in [0.717, 1.165) is 23.6 Å². The summed E-state index contributed by atoms with van der Waals surface area (Å²) in [6.45, 7) is 3.84. The van der Waals surface area contributed by atoms with Gasteiger partial charge in [-0.2, -0.15) is 0 Å². The Morgan fingerprint density at radius 2 is 1.48 bits per heavy atom. The van der Waals surface area contributed by atoms with Gasteiger partial charge in [0, 0.05) is 5.69 Å². The first-order valence-electron chi connectivity index (χ1n) is 6.92. The molecule has 0 bridgehead atoms. The molecule has 110 valence electrons. The predicted molar refractivity (Wildman–Crippen MR) is 87.2 cm³/mol. The number of nitrogens with one attached hydrogen (secondary N) is 1. The molecular formula is C18H21NO2. The van der Waals surface area contributed by atoms with Gasteiger partial charge in [-0.15, -0.1) is 6.58 Å². The van der Waals surface area contributed by atoms with Gasteiger partial charge >= 0.3 is 0 Å². The Hall–Kier alpha value is -2.42. The molecule has 3 heteroatoms. The second-order valence-corrected chi connectivity index (χ2v) is 4.72. The molecule has 2 aromatic carbocycles. The Morgan fingerprint density at radius 3 is 1.95 bits per heavy atom. The molecule has 0 aromatic heterocycles. The molecule has 1 N–H and O–H groups in total. The fourth-order valence-corrected chi connectivity index (χ4v) is 2.17. The van der Waals surface area contributed by atoms with Crippen molar-refractivity contribution in [3.8, 4) is 11.5 Å². The van der Waals surface area contributed by atoms with Crippen LogP contribution in [-0.2, 0) is 0 Å². The van der Waals surface area contributed by atoms with Gasteiger partial charge in [0.15, 0.2) is 0 Å². The third-order valence-electron chi connectivity index (χ3n) is 3.35. The van der Waals surface area contributed by atoms with Gasteiger partial charge in [0.25, 0.3) is 0 Å². The van der Waals surface area contributed by atoms with Gasteiger partial charge in [-0.3, -0.25) is 0 Å². The molecule has 0 aliphatic heterocycles. The lowest BCUT2D eigenvalue weighted by molar-refractivity contribution is 0.414. The van der Waals surface area contributed by atoms with Gasteiger partial charge in [-0.05, 0) is 48.4 Å². The van der Waals surface area contributed by atoms with Crippen molar-refractivity contribution < 1.29 is 9.47 Å². The van der Waals surface area contributed by atoms with Crippen molar-refractivity contribution in [2.75, 3.05) is 19.5 Å². The Bertz CT molecular complexity index is 561. The molecular weight excluding hydrogens is 262 g/mol. The predicted octanol–water partition coefficient (Wildman–Crippen LogP) is 4.43. The topological polar surface area (TPSA) is 30.5 Å². The first kappa shape index (κ1) is 15.0. The van der Waals surface area contributed by atoms with Crippen molar-refractivity contribution in [1.29, 1.82) is 0 Å². The van der Waals surface area contributed by atoms with Gasteiger partial charge in [0.2, 0.25) is 0 Å². The number of rotatable bonds is 7. The summed E-state index contributed by atoms with van der Waals surface area (Å²) in [4.78, 5) is 0. The zero-order valence-corrected chi connectivity index (χ0v) is 12.5. The standard InChI is InChI=1S/C18H21NO2/c1-4-5-18(14-6-10-16(20-2)11-7-14)19-15-8-12-17(21-3)13-9-15/h4,6-13,18-19H,1,5H2,2-3H3. The summed E-state index contributed by atoms with van der Waals surface area (Å²) < 4.78 is 10.4. The summed E-state index contributed by atoms with van der Waals surface area (Å²) in [6.07, 6.45) is 2.77. The lowest BCUT2D eigenvalue weighted by atomic mass is 10.0. The van der Waals surface area contributed by atoms with Crippen LogP contribution >= 0.6 is 0 Å². The molecule has 0 aliphatic rings. The third-order valence-corrected chi connectivity index (χ3v) is 3.35. The van der Waals surface area contributed by atoms with E-state index < -0.39 is 0 Å². The van der Waals surface area contributed by atoms with Crippen molar-refractivity contribution >= 4 is 5.69 Å². The maximum absolute atomic E-state index is 5.20. The molecule has 0 spiro atoms. The van der Waals surface area contributed by atoms with Crippen LogP contribution in [0.2, 0.25) is 0 Å². The number of hydrogen-bond acceptors (Lipinski definition) is 3. The van der Waals surface area contributed by atoms with Crippen LogP contribution in [0.25, 0.3) is 0 Å². The Morgan fingerprint density at radius 1 is 0.952 bits per heavy atom. The highest BCUT2D eigenvalue weighted by molar-refractivity contribution is 5.48. The molecule has 0 saturated carbocycles. The molecule has 2 rings (SSSR count). The van der Waals surface area contributed by atoms with Crippen molar-refractivity contribution in [1.82, 2.24) is 0 Å². The fraction of sp³-hybridized carbons (Fsp3) is 0.222. The normalized spacial score (nSPS) is 11.5. The lowest BCUT2D eigenvalue weighted by Crippen LogP contribution is -2.09. The first-order valence-corrected chi connectivity index (χ1v) is 6.92. The molecule has 21 heavy (non-hydrogen) atoms. The fourth-order valence-electron chi connectivity index (χ4n) is 2.17. The van der Waals surface area contributed by atoms with Crippen LogP contribution < -0.4 is 14.8 Å². The number of benzene rings is 2. The van der Waals surface area contributed by atoms with E-state index in [1.165, 1.54) is 5.56 Å². The molecule has 3 nitrogen and oxygen atoms in total. The highest BCUT2D eigenvalue weighted by Gasteiger charge is 2.10. The molecule has 2 aromatic rings. The van der Waals surface area contributed by atoms with E-state index in [9.17, 15) is 0 Å². The van der Waals surface area contributed by atoms with E-state index in [1.807, 2.05) is 42.5 Å². The molecule has 0 heterocycles. The minimum Gasteiger partial charge on any atom is -0.497 e. The SMILES string of the molecule is C=CCC(Nc1ccc(OC)cc1)c1ccc(OC)cc1. The average Bonchev–Trinajstić information content (AvgIpc) is 2.55. The second-order valence-electron chi connectivity index (χ2n) is 4.72. The van der Waals surface area contributed by atoms with Gasteiger partial charge in [0.1, 0.15) is 11.5 Å². The Kier molecular flexibility index (Phi) is 5.27. The van der Waals surface area contributed by atoms with Crippen molar-refractivity contribution in [2.24, 2.45) is 0 Å². The van der Waals surface area contributed by atoms with Gasteiger partial charge in [0.05, 0.1) is 20.3 Å². The van der Waals surface area contributed by atoms with Gasteiger partial charge in [-0.25, -0.2) is 0 Å². The van der Waals surface area contributed by atoms with Crippen LogP contribution in [0.15, 0.2) is 61.2 Å². The van der Waals surface area contributed by atoms with Gasteiger partial charge in [-0.1, -0.05) is 18.2 Å². The number of methoxy groups -OCH3 is 2. The minimum atomic E-state index is 0.182. The summed E-state index contributed by atoms with van der Waals surface area (Å²) in [5, 5.41) is 3.52. The molecule has 1 unspecified atom stereocenters. The van der Waals surface area contributed by atoms with E-state index in [0.29, 0.717) is 0 Å². The van der Waals surface area contributed by atoms with Crippen LogP contribution in [-0.4, -0.2) is 14.2 Å². The van der Waals surface area contributed by atoms with Crippen LogP contribution in [0.4, 0.5) is 5.69 Å². The summed E-state index contributed by atoms with van der Waals surface area (Å²) in [6, 6.07) is 16.2. The van der Waals surface area contributed by atoms with Gasteiger partial charge < -0.3 is 14.8 Å². The number of ether oxygens (including phenoxy) is 2. The van der Waals surface area contributed by atoms with E-state index >= 15 is 0 Å². The number of hydrogen-bond donors (Lipinski definition) is 1. The van der Waals surface area contributed by atoms with Crippen molar-refractivity contribution in [3.63, 3.8) is 0 Å². The summed E-state index contributed by atoms with van der Waals surface area (Å²) in [7, 11) is 3.34. The van der Waals surface area contributed by atoms with Crippen molar-refractivity contribution in [2.45, 2.75) is 12.5 Å². The highest BCUT2D eigenvalue weighted by Crippen LogP contribution is 2.26. The van der Waals surface area contributed by atoms with E-state index in [4.69, 9.17) is 9.47 Å². The van der Waals surface area contributed by atoms with Crippen LogP contribution in [0.5, 0.6) is 11.5 Å². The highest BCUT2D eigenvalue weighted by atomic mass is 16.5. The molecule has 0 amide bonds. The maximum atomic E-state index is 5.20. The van der Waals surface area contributed by atoms with Crippen LogP contribution in [0, 0.1) is 0 Å². The zero-order chi connectivity index (χ0) is 15.1. The third kappa shape index (κ3) is 4.02. The first-order chi connectivity index (χ1) is 10.3. The van der Waals surface area contributed by atoms with E-state index in [2.05, 4.69) is 24.0 Å². The zero-order valence-electron chi connectivity index (χ0n) is 12.5. The van der Waals surface area contributed by atoms with Crippen molar-refractivity contribution in [3.05, 3.63) is 66.7 Å². The Balaban J connectivity index is 2.14. The summed E-state index contributed by atoms with van der Waals surface area (Å²) >= 11 is 0. The molecule has 0 saturated heterocycles. The molecule has 0 aliphatic carbocycles. The lowest BCUT2D eigenvalue weighted by Gasteiger charge is -2.19. The van der Waals surface area contributed by atoms with E-state index in [1.54, 1.807) is 14.2 Å². The molecule has 0 radical (unpaired) electrons. The molecule has 1 atom stereocenters. The quantitative estimate of drug-likeness (QED) is 0.762. The van der Waals surface area contributed by atoms with E-state index in [-0.39, 0.29) is 6.04 Å². The number of anilines is 1. The molecule has 0 fully saturated rings. The monoisotopic (exact) mass is 283 g/mol. The van der Waals surface area contributed by atoms with Crippen LogP contribution in [0.1, 0.15) is 18.0 Å². The smallest absolute Gasteiger partial charge is 0.119 e. The average molecular weight is 283 g/mol. The van der Waals surface area contributed by atoms with Crippen LogP contribution in [0.3, 0.4) is 0 Å². The second kappa shape index (κ2) is 7.39. The minimum absolute atomic E-state index is 0.182. The summed E-state index contributed by atoms with van der Waals surface area (Å²) in [5.41, 5.74) is 2.25. The summed E-state index contributed by atoms with van der Waals surface area (Å²) in [5.74, 6) is 1.71. The maximum Gasteiger partial charge on any atom is 0.119 e. The Labute approximate surface area is 126 Å².